The molecule has 0 saturated carbocycles. The standard InChI is InChI=1S/C18H15ClN2O6S/c1-20(2)28(25,26)15-9-11(7-8-14(15)19)18(24)27-10-21-16(22)12-5-3-4-6-13(12)17(21)23/h3-9H,10H2,1-2H3. The van der Waals surface area contributed by atoms with Gasteiger partial charge in [0.05, 0.1) is 21.7 Å². The molecule has 0 bridgehead atoms. The lowest BCUT2D eigenvalue weighted by molar-refractivity contribution is 0.0228. The van der Waals surface area contributed by atoms with Crippen LogP contribution in [0.15, 0.2) is 47.4 Å². The maximum absolute atomic E-state index is 12.3. The van der Waals surface area contributed by atoms with Crippen LogP contribution in [0.5, 0.6) is 0 Å². The second kappa shape index (κ2) is 7.34. The summed E-state index contributed by atoms with van der Waals surface area (Å²) in [6.07, 6.45) is 0. The number of esters is 1. The van der Waals surface area contributed by atoms with E-state index >= 15 is 0 Å². The molecule has 1 aliphatic rings. The minimum absolute atomic E-state index is 0.0504. The number of rotatable bonds is 5. The van der Waals surface area contributed by atoms with E-state index in [9.17, 15) is 22.8 Å². The third kappa shape index (κ3) is 3.39. The van der Waals surface area contributed by atoms with E-state index in [1.807, 2.05) is 0 Å². The Kier molecular flexibility index (Phi) is 5.24. The average molecular weight is 423 g/mol. The van der Waals surface area contributed by atoms with Crippen molar-refractivity contribution in [2.24, 2.45) is 0 Å². The normalized spacial score (nSPS) is 13.8. The summed E-state index contributed by atoms with van der Waals surface area (Å²) < 4.78 is 30.6. The number of ether oxygens (including phenoxy) is 1. The highest BCUT2D eigenvalue weighted by atomic mass is 35.5. The Morgan fingerprint density at radius 1 is 1.07 bits per heavy atom. The summed E-state index contributed by atoms with van der Waals surface area (Å²) in [5.74, 6) is -2.04. The second-order valence-corrected chi connectivity index (χ2v) is 8.60. The molecule has 146 valence electrons. The molecule has 0 spiro atoms. The summed E-state index contributed by atoms with van der Waals surface area (Å²) in [6.45, 7) is -0.594. The van der Waals surface area contributed by atoms with Crippen molar-refractivity contribution in [1.29, 1.82) is 0 Å². The SMILES string of the molecule is CN(C)S(=O)(=O)c1cc(C(=O)OCN2C(=O)c3ccccc3C2=O)ccc1Cl. The van der Waals surface area contributed by atoms with Crippen LogP contribution < -0.4 is 0 Å². The molecule has 8 nitrogen and oxygen atoms in total. The third-order valence-electron chi connectivity index (χ3n) is 4.13. The lowest BCUT2D eigenvalue weighted by Gasteiger charge is -2.15. The van der Waals surface area contributed by atoms with Gasteiger partial charge in [-0.1, -0.05) is 23.7 Å². The number of hydrogen-bond acceptors (Lipinski definition) is 6. The number of imide groups is 1. The molecule has 0 aliphatic carbocycles. The maximum Gasteiger partial charge on any atom is 0.339 e. The van der Waals surface area contributed by atoms with Crippen LogP contribution in [0.1, 0.15) is 31.1 Å². The van der Waals surface area contributed by atoms with Crippen molar-refractivity contribution >= 4 is 39.4 Å². The largest absolute Gasteiger partial charge is 0.440 e. The topological polar surface area (TPSA) is 101 Å². The maximum atomic E-state index is 12.3. The van der Waals surface area contributed by atoms with Gasteiger partial charge in [-0.3, -0.25) is 9.59 Å². The average Bonchev–Trinajstić information content (AvgIpc) is 2.90. The van der Waals surface area contributed by atoms with E-state index in [1.165, 1.54) is 38.4 Å². The Morgan fingerprint density at radius 2 is 1.64 bits per heavy atom. The molecular formula is C18H15ClN2O6S. The zero-order valence-electron chi connectivity index (χ0n) is 14.9. The minimum atomic E-state index is -3.87. The molecule has 0 atom stereocenters. The lowest BCUT2D eigenvalue weighted by atomic mass is 10.1. The van der Waals surface area contributed by atoms with Crippen LogP contribution in [-0.4, -0.2) is 56.2 Å². The summed E-state index contributed by atoms with van der Waals surface area (Å²) in [4.78, 5) is 37.4. The molecule has 28 heavy (non-hydrogen) atoms. The number of hydrogen-bond donors (Lipinski definition) is 0. The molecule has 1 heterocycles. The van der Waals surface area contributed by atoms with Gasteiger partial charge in [0, 0.05) is 14.1 Å². The molecule has 3 rings (SSSR count). The van der Waals surface area contributed by atoms with Crippen LogP contribution in [0, 0.1) is 0 Å². The number of carbonyl (C=O) groups excluding carboxylic acids is 3. The fraction of sp³-hybridized carbons (Fsp3) is 0.167. The second-order valence-electron chi connectivity index (χ2n) is 6.08. The number of benzene rings is 2. The molecule has 0 fully saturated rings. The highest BCUT2D eigenvalue weighted by Gasteiger charge is 2.36. The fourth-order valence-corrected chi connectivity index (χ4v) is 3.98. The molecule has 10 heteroatoms. The number of amides is 2. The van der Waals surface area contributed by atoms with Gasteiger partial charge in [-0.25, -0.2) is 22.4 Å². The van der Waals surface area contributed by atoms with Crippen LogP contribution in [-0.2, 0) is 14.8 Å². The van der Waals surface area contributed by atoms with Gasteiger partial charge in [0.25, 0.3) is 11.8 Å². The van der Waals surface area contributed by atoms with E-state index in [2.05, 4.69) is 0 Å². The molecule has 1 aliphatic heterocycles. The van der Waals surface area contributed by atoms with Gasteiger partial charge in [0.15, 0.2) is 6.73 Å². The highest BCUT2D eigenvalue weighted by Crippen LogP contribution is 2.26. The summed E-state index contributed by atoms with van der Waals surface area (Å²) in [5, 5.41) is -0.0504. The lowest BCUT2D eigenvalue weighted by Crippen LogP contribution is -2.33. The van der Waals surface area contributed by atoms with E-state index in [0.29, 0.717) is 0 Å². The fourth-order valence-electron chi connectivity index (χ4n) is 2.59. The predicted octanol–water partition coefficient (Wildman–Crippen LogP) is 2.00. The first-order valence-corrected chi connectivity index (χ1v) is 9.81. The summed E-state index contributed by atoms with van der Waals surface area (Å²) in [7, 11) is -1.21. The zero-order chi connectivity index (χ0) is 20.6. The van der Waals surface area contributed by atoms with Crippen molar-refractivity contribution in [3.05, 3.63) is 64.2 Å². The smallest absolute Gasteiger partial charge is 0.339 e. The Balaban J connectivity index is 1.78. The summed E-state index contributed by atoms with van der Waals surface area (Å²) in [6, 6.07) is 9.91. The van der Waals surface area contributed by atoms with Gasteiger partial charge < -0.3 is 4.74 Å². The van der Waals surface area contributed by atoms with Gasteiger partial charge in [-0.2, -0.15) is 0 Å². The Bertz CT molecular complexity index is 1060. The molecule has 2 aromatic rings. The van der Waals surface area contributed by atoms with Crippen molar-refractivity contribution in [2.45, 2.75) is 4.90 Å². The zero-order valence-corrected chi connectivity index (χ0v) is 16.5. The number of nitrogens with zero attached hydrogens (tertiary/aromatic N) is 2. The van der Waals surface area contributed by atoms with Gasteiger partial charge in [-0.15, -0.1) is 0 Å². The molecule has 0 saturated heterocycles. The van der Waals surface area contributed by atoms with Crippen LogP contribution >= 0.6 is 11.6 Å². The minimum Gasteiger partial charge on any atom is -0.440 e. The highest BCUT2D eigenvalue weighted by molar-refractivity contribution is 7.89. The van der Waals surface area contributed by atoms with E-state index in [-0.39, 0.29) is 26.6 Å². The molecule has 0 aromatic heterocycles. The number of halogens is 1. The Morgan fingerprint density at radius 3 is 2.18 bits per heavy atom. The van der Waals surface area contributed by atoms with Gasteiger partial charge in [-0.05, 0) is 30.3 Å². The number of carbonyl (C=O) groups is 3. The number of sulfonamides is 1. The van der Waals surface area contributed by atoms with Crippen molar-refractivity contribution in [3.63, 3.8) is 0 Å². The van der Waals surface area contributed by atoms with Crippen LogP contribution in [0.4, 0.5) is 0 Å². The van der Waals surface area contributed by atoms with Crippen molar-refractivity contribution in [1.82, 2.24) is 9.21 Å². The van der Waals surface area contributed by atoms with Crippen LogP contribution in [0.3, 0.4) is 0 Å². The molecule has 2 amide bonds. The monoisotopic (exact) mass is 422 g/mol. The molecule has 0 N–H and O–H groups in total. The molecule has 0 unspecified atom stereocenters. The quantitative estimate of drug-likeness (QED) is 0.539. The van der Waals surface area contributed by atoms with Gasteiger partial charge >= 0.3 is 5.97 Å². The van der Waals surface area contributed by atoms with Crippen molar-refractivity contribution < 1.29 is 27.5 Å². The molecular weight excluding hydrogens is 408 g/mol. The molecule has 2 aromatic carbocycles. The first kappa shape index (κ1) is 20.0. The number of fused-ring (bicyclic) bond motifs is 1. The van der Waals surface area contributed by atoms with E-state index < -0.39 is 34.5 Å². The third-order valence-corrected chi connectivity index (χ3v) is 6.43. The van der Waals surface area contributed by atoms with E-state index in [0.717, 1.165) is 15.3 Å². The predicted molar refractivity (Wildman–Crippen MR) is 99.5 cm³/mol. The Labute approximate surface area is 166 Å². The van der Waals surface area contributed by atoms with Gasteiger partial charge in [0.2, 0.25) is 10.0 Å². The first-order valence-electron chi connectivity index (χ1n) is 7.99. The van der Waals surface area contributed by atoms with Gasteiger partial charge in [0.1, 0.15) is 4.90 Å². The first-order chi connectivity index (χ1) is 13.1. The van der Waals surface area contributed by atoms with Crippen LogP contribution in [0.2, 0.25) is 5.02 Å². The summed E-state index contributed by atoms with van der Waals surface area (Å²) >= 11 is 5.94. The summed E-state index contributed by atoms with van der Waals surface area (Å²) in [5.41, 5.74) is 0.380. The van der Waals surface area contributed by atoms with E-state index in [4.69, 9.17) is 16.3 Å². The van der Waals surface area contributed by atoms with Crippen molar-refractivity contribution in [3.8, 4) is 0 Å². The Hall–Kier alpha value is -2.75. The molecule has 0 radical (unpaired) electrons. The van der Waals surface area contributed by atoms with E-state index in [1.54, 1.807) is 12.1 Å². The van der Waals surface area contributed by atoms with Crippen LogP contribution in [0.25, 0.3) is 0 Å². The van der Waals surface area contributed by atoms with Crippen molar-refractivity contribution in [2.75, 3.05) is 20.8 Å².